The van der Waals surface area contributed by atoms with Gasteiger partial charge < -0.3 is 9.64 Å². The highest BCUT2D eigenvalue weighted by molar-refractivity contribution is 5.61. The number of nitrogens with zero attached hydrogens (tertiary/aromatic N) is 3. The second-order valence-electron chi connectivity index (χ2n) is 6.92. The maximum Gasteiger partial charge on any atom is 0.125 e. The van der Waals surface area contributed by atoms with Gasteiger partial charge in [-0.3, -0.25) is 0 Å². The smallest absolute Gasteiger partial charge is 0.125 e. The number of fused-ring (bicyclic) bond motifs is 1. The lowest BCUT2D eigenvalue weighted by Gasteiger charge is -2.20. The van der Waals surface area contributed by atoms with Crippen LogP contribution in [0.25, 0.3) is 11.3 Å². The van der Waals surface area contributed by atoms with Crippen molar-refractivity contribution >= 4 is 0 Å². The van der Waals surface area contributed by atoms with Crippen LogP contribution in [0.1, 0.15) is 29.3 Å². The molecule has 0 bridgehead atoms. The quantitative estimate of drug-likeness (QED) is 0.705. The molecule has 0 saturated carbocycles. The van der Waals surface area contributed by atoms with E-state index in [0.29, 0.717) is 0 Å². The average Bonchev–Trinajstić information content (AvgIpc) is 2.81. The standard InChI is InChI=1S/C22H23N3O/c1-16-8-11-21(24-23-16)17-9-10-20-18(14-17)15-25(2)13-12-22(20)26-19-6-4-3-5-7-19/h3-11,14,22H,12-13,15H2,1-2H3. The van der Waals surface area contributed by atoms with Crippen LogP contribution in [-0.2, 0) is 6.54 Å². The second kappa shape index (κ2) is 7.26. The van der Waals surface area contributed by atoms with Gasteiger partial charge in [0, 0.05) is 25.1 Å². The highest BCUT2D eigenvalue weighted by Crippen LogP contribution is 2.33. The lowest BCUT2D eigenvalue weighted by atomic mass is 9.97. The Morgan fingerprint density at radius 3 is 2.62 bits per heavy atom. The van der Waals surface area contributed by atoms with E-state index in [2.05, 4.69) is 40.3 Å². The molecule has 26 heavy (non-hydrogen) atoms. The first kappa shape index (κ1) is 16.7. The third kappa shape index (κ3) is 3.60. The van der Waals surface area contributed by atoms with Crippen LogP contribution in [-0.4, -0.2) is 28.7 Å². The Balaban J connectivity index is 1.68. The van der Waals surface area contributed by atoms with E-state index in [4.69, 9.17) is 4.74 Å². The summed E-state index contributed by atoms with van der Waals surface area (Å²) in [5.41, 5.74) is 5.50. The van der Waals surface area contributed by atoms with Gasteiger partial charge in [-0.1, -0.05) is 30.3 Å². The third-order valence-corrected chi connectivity index (χ3v) is 4.82. The topological polar surface area (TPSA) is 38.2 Å². The van der Waals surface area contributed by atoms with Gasteiger partial charge in [0.05, 0.1) is 11.4 Å². The van der Waals surface area contributed by atoms with E-state index in [-0.39, 0.29) is 6.10 Å². The Kier molecular flexibility index (Phi) is 4.67. The number of aryl methyl sites for hydroxylation is 1. The summed E-state index contributed by atoms with van der Waals surface area (Å²) in [5.74, 6) is 0.918. The summed E-state index contributed by atoms with van der Waals surface area (Å²) in [6.07, 6.45) is 1.04. The first-order valence-corrected chi connectivity index (χ1v) is 9.03. The van der Waals surface area contributed by atoms with Gasteiger partial charge in [-0.25, -0.2) is 0 Å². The average molecular weight is 345 g/mol. The van der Waals surface area contributed by atoms with Gasteiger partial charge in [0.2, 0.25) is 0 Å². The summed E-state index contributed by atoms with van der Waals surface area (Å²) in [5, 5.41) is 8.52. The molecule has 4 rings (SSSR count). The van der Waals surface area contributed by atoms with Gasteiger partial charge in [-0.2, -0.15) is 10.2 Å². The highest BCUT2D eigenvalue weighted by Gasteiger charge is 2.23. The largest absolute Gasteiger partial charge is 0.486 e. The Morgan fingerprint density at radius 1 is 1.00 bits per heavy atom. The minimum absolute atomic E-state index is 0.0653. The lowest BCUT2D eigenvalue weighted by Crippen LogP contribution is -2.18. The number of rotatable bonds is 3. The number of ether oxygens (including phenoxy) is 1. The summed E-state index contributed by atoms with van der Waals surface area (Å²) in [6, 6.07) is 20.7. The van der Waals surface area contributed by atoms with E-state index >= 15 is 0 Å². The van der Waals surface area contributed by atoms with Crippen molar-refractivity contribution in [2.24, 2.45) is 0 Å². The SMILES string of the molecule is Cc1ccc(-c2ccc3c(c2)CN(C)CCC3Oc2ccccc2)nn1. The zero-order chi connectivity index (χ0) is 17.9. The number of benzene rings is 2. The molecule has 4 heteroatoms. The maximum atomic E-state index is 6.32. The first-order valence-electron chi connectivity index (χ1n) is 9.03. The predicted molar refractivity (Wildman–Crippen MR) is 103 cm³/mol. The molecule has 0 fully saturated rings. The maximum absolute atomic E-state index is 6.32. The molecule has 0 radical (unpaired) electrons. The third-order valence-electron chi connectivity index (χ3n) is 4.82. The molecule has 3 aromatic rings. The van der Waals surface area contributed by atoms with Crippen molar-refractivity contribution in [3.63, 3.8) is 0 Å². The summed E-state index contributed by atoms with van der Waals surface area (Å²) in [4.78, 5) is 2.35. The molecule has 0 saturated heterocycles. The molecule has 0 aliphatic carbocycles. The fraction of sp³-hybridized carbons (Fsp3) is 0.273. The van der Waals surface area contributed by atoms with Gasteiger partial charge >= 0.3 is 0 Å². The Morgan fingerprint density at radius 2 is 1.85 bits per heavy atom. The van der Waals surface area contributed by atoms with Crippen LogP contribution in [0.4, 0.5) is 0 Å². The molecule has 2 aromatic carbocycles. The number of hydrogen-bond donors (Lipinski definition) is 0. The molecule has 0 N–H and O–H groups in total. The van der Waals surface area contributed by atoms with Gasteiger partial charge in [0.25, 0.3) is 0 Å². The molecule has 4 nitrogen and oxygen atoms in total. The van der Waals surface area contributed by atoms with Crippen molar-refractivity contribution in [2.45, 2.75) is 26.0 Å². The van der Waals surface area contributed by atoms with Crippen molar-refractivity contribution in [1.82, 2.24) is 15.1 Å². The first-order chi connectivity index (χ1) is 12.7. The second-order valence-corrected chi connectivity index (χ2v) is 6.92. The monoisotopic (exact) mass is 345 g/mol. The summed E-state index contributed by atoms with van der Waals surface area (Å²) in [7, 11) is 2.16. The predicted octanol–water partition coefficient (Wildman–Crippen LogP) is 4.41. The van der Waals surface area contributed by atoms with Crippen molar-refractivity contribution in [3.8, 4) is 17.0 Å². The summed E-state index contributed by atoms with van der Waals surface area (Å²) in [6.45, 7) is 3.87. The molecule has 2 heterocycles. The van der Waals surface area contributed by atoms with Crippen molar-refractivity contribution in [3.05, 3.63) is 77.5 Å². The normalized spacial score (nSPS) is 17.4. The van der Waals surface area contributed by atoms with Crippen molar-refractivity contribution < 1.29 is 4.74 Å². The molecule has 1 atom stereocenters. The highest BCUT2D eigenvalue weighted by atomic mass is 16.5. The van der Waals surface area contributed by atoms with Crippen LogP contribution in [0.2, 0.25) is 0 Å². The summed E-state index contributed by atoms with van der Waals surface area (Å²) < 4.78 is 6.32. The molecule has 0 amide bonds. The van der Waals surface area contributed by atoms with Gasteiger partial charge in [0.15, 0.2) is 0 Å². The Labute approximate surface area is 154 Å². The van der Waals surface area contributed by atoms with Crippen LogP contribution < -0.4 is 4.74 Å². The van der Waals surface area contributed by atoms with Crippen LogP contribution in [0.3, 0.4) is 0 Å². The Bertz CT molecular complexity index is 878. The van der Waals surface area contributed by atoms with E-state index in [1.807, 2.05) is 49.4 Å². The van der Waals surface area contributed by atoms with E-state index in [0.717, 1.165) is 42.2 Å². The minimum Gasteiger partial charge on any atom is -0.486 e. The molecular formula is C22H23N3O. The van der Waals surface area contributed by atoms with Crippen LogP contribution in [0.15, 0.2) is 60.7 Å². The van der Waals surface area contributed by atoms with E-state index in [1.165, 1.54) is 11.1 Å². The van der Waals surface area contributed by atoms with Gasteiger partial charge in [-0.15, -0.1) is 0 Å². The summed E-state index contributed by atoms with van der Waals surface area (Å²) >= 11 is 0. The van der Waals surface area contributed by atoms with Gasteiger partial charge in [-0.05, 0) is 55.4 Å². The van der Waals surface area contributed by atoms with Crippen LogP contribution >= 0.6 is 0 Å². The Hall–Kier alpha value is -2.72. The number of hydrogen-bond acceptors (Lipinski definition) is 4. The van der Waals surface area contributed by atoms with E-state index < -0.39 is 0 Å². The number of para-hydroxylation sites is 1. The van der Waals surface area contributed by atoms with Crippen LogP contribution in [0.5, 0.6) is 5.75 Å². The minimum atomic E-state index is 0.0653. The lowest BCUT2D eigenvalue weighted by molar-refractivity contribution is 0.182. The molecule has 1 aliphatic heterocycles. The molecule has 132 valence electrons. The molecule has 1 unspecified atom stereocenters. The zero-order valence-electron chi connectivity index (χ0n) is 15.2. The van der Waals surface area contributed by atoms with E-state index in [9.17, 15) is 0 Å². The molecule has 0 spiro atoms. The molecular weight excluding hydrogens is 322 g/mol. The van der Waals surface area contributed by atoms with Crippen molar-refractivity contribution in [1.29, 1.82) is 0 Å². The zero-order valence-corrected chi connectivity index (χ0v) is 15.2. The fourth-order valence-electron chi connectivity index (χ4n) is 3.42. The fourth-order valence-corrected chi connectivity index (χ4v) is 3.42. The number of aromatic nitrogens is 2. The van der Waals surface area contributed by atoms with Crippen LogP contribution in [0, 0.1) is 6.92 Å². The van der Waals surface area contributed by atoms with E-state index in [1.54, 1.807) is 0 Å². The van der Waals surface area contributed by atoms with Crippen molar-refractivity contribution in [2.75, 3.05) is 13.6 Å². The molecule has 1 aliphatic rings. The van der Waals surface area contributed by atoms with Gasteiger partial charge in [0.1, 0.15) is 11.9 Å². The molecule has 1 aromatic heterocycles.